The molecule has 134 valence electrons. The number of aliphatic hydroxyl groups excluding tert-OH is 1. The van der Waals surface area contributed by atoms with Crippen molar-refractivity contribution in [1.82, 2.24) is 4.90 Å². The molecule has 3 amide bonds. The lowest BCUT2D eigenvalue weighted by Crippen LogP contribution is -2.34. The maximum atomic E-state index is 12.9. The third-order valence-corrected chi connectivity index (χ3v) is 3.26. The minimum atomic E-state index is -4.63. The van der Waals surface area contributed by atoms with Crippen LogP contribution in [0, 0.1) is 0 Å². The standard InChI is InChI=1S/C15H14F3N3O4/c1-8(23)19-10-3-2-9(15(16,17)18)6-11(10)20-12-7-13(24)21(4-5-22)14(12)25/h2-3,6-7,20,22H,4-5H2,1H3,(H,19,23). The zero-order chi connectivity index (χ0) is 18.8. The van der Waals surface area contributed by atoms with Crippen LogP contribution < -0.4 is 10.6 Å². The first-order valence-corrected chi connectivity index (χ1v) is 7.07. The van der Waals surface area contributed by atoms with Crippen molar-refractivity contribution in [1.29, 1.82) is 0 Å². The highest BCUT2D eigenvalue weighted by Gasteiger charge is 2.33. The fourth-order valence-electron chi connectivity index (χ4n) is 2.18. The number of aliphatic hydroxyl groups is 1. The molecular weight excluding hydrogens is 343 g/mol. The molecule has 1 aromatic carbocycles. The van der Waals surface area contributed by atoms with Gasteiger partial charge in [0, 0.05) is 13.0 Å². The zero-order valence-electron chi connectivity index (χ0n) is 13.0. The fourth-order valence-corrected chi connectivity index (χ4v) is 2.18. The van der Waals surface area contributed by atoms with Crippen LogP contribution in [-0.2, 0) is 20.6 Å². The molecular formula is C15H14F3N3O4. The van der Waals surface area contributed by atoms with E-state index in [1.165, 1.54) is 6.92 Å². The van der Waals surface area contributed by atoms with Gasteiger partial charge in [-0.3, -0.25) is 19.3 Å². The second-order valence-corrected chi connectivity index (χ2v) is 5.14. The van der Waals surface area contributed by atoms with Gasteiger partial charge in [0.05, 0.1) is 30.1 Å². The quantitative estimate of drug-likeness (QED) is 0.691. The summed E-state index contributed by atoms with van der Waals surface area (Å²) < 4.78 is 38.7. The molecule has 10 heteroatoms. The molecule has 0 radical (unpaired) electrons. The monoisotopic (exact) mass is 357 g/mol. The molecule has 0 aromatic heterocycles. The Balaban J connectivity index is 2.36. The van der Waals surface area contributed by atoms with Gasteiger partial charge in [0.15, 0.2) is 0 Å². The average Bonchev–Trinajstić information content (AvgIpc) is 2.75. The summed E-state index contributed by atoms with van der Waals surface area (Å²) in [7, 11) is 0. The van der Waals surface area contributed by atoms with E-state index in [-0.39, 0.29) is 23.6 Å². The van der Waals surface area contributed by atoms with Gasteiger partial charge in [0.2, 0.25) is 5.91 Å². The van der Waals surface area contributed by atoms with Gasteiger partial charge in [0.25, 0.3) is 11.8 Å². The van der Waals surface area contributed by atoms with Crippen LogP contribution in [0.25, 0.3) is 0 Å². The van der Waals surface area contributed by atoms with Gasteiger partial charge < -0.3 is 15.7 Å². The number of carbonyl (C=O) groups excluding carboxylic acids is 3. The number of nitrogens with zero attached hydrogens (tertiary/aromatic N) is 1. The molecule has 1 heterocycles. The summed E-state index contributed by atoms with van der Waals surface area (Å²) in [5.41, 5.74) is -1.43. The van der Waals surface area contributed by atoms with Crippen LogP contribution in [0.1, 0.15) is 12.5 Å². The predicted molar refractivity (Wildman–Crippen MR) is 81.3 cm³/mol. The Morgan fingerprint density at radius 2 is 1.92 bits per heavy atom. The summed E-state index contributed by atoms with van der Waals surface area (Å²) in [6.45, 7) is 0.494. The van der Waals surface area contributed by atoms with E-state index in [0.29, 0.717) is 0 Å². The molecule has 2 rings (SSSR count). The summed E-state index contributed by atoms with van der Waals surface area (Å²) in [5, 5.41) is 13.6. The summed E-state index contributed by atoms with van der Waals surface area (Å²) in [4.78, 5) is 35.7. The number of nitrogens with one attached hydrogen (secondary N) is 2. The van der Waals surface area contributed by atoms with Crippen LogP contribution in [0.4, 0.5) is 24.5 Å². The molecule has 0 saturated carbocycles. The second kappa shape index (κ2) is 6.93. The number of hydrogen-bond acceptors (Lipinski definition) is 5. The smallest absolute Gasteiger partial charge is 0.395 e. The number of β-amino-alcohol motifs (C(OH)–C–C–N with tert-alkyl or cyclic N) is 1. The minimum absolute atomic E-state index is 0.0160. The van der Waals surface area contributed by atoms with E-state index >= 15 is 0 Å². The molecule has 0 saturated heterocycles. The lowest BCUT2D eigenvalue weighted by Gasteiger charge is -2.17. The topological polar surface area (TPSA) is 98.7 Å². The van der Waals surface area contributed by atoms with Crippen LogP contribution in [0.3, 0.4) is 0 Å². The molecule has 0 aliphatic carbocycles. The molecule has 1 aromatic rings. The highest BCUT2D eigenvalue weighted by atomic mass is 19.4. The first-order valence-electron chi connectivity index (χ1n) is 7.07. The Hall–Kier alpha value is -2.88. The number of amides is 3. The van der Waals surface area contributed by atoms with Gasteiger partial charge in [-0.2, -0.15) is 13.2 Å². The summed E-state index contributed by atoms with van der Waals surface area (Å²) in [6, 6.07) is 2.54. The number of carbonyl (C=O) groups is 3. The zero-order valence-corrected chi connectivity index (χ0v) is 13.0. The van der Waals surface area contributed by atoms with Crippen molar-refractivity contribution < 1.29 is 32.7 Å². The van der Waals surface area contributed by atoms with Gasteiger partial charge in [-0.25, -0.2) is 0 Å². The highest BCUT2D eigenvalue weighted by molar-refractivity contribution is 6.17. The predicted octanol–water partition coefficient (Wildman–Crippen LogP) is 1.32. The molecule has 0 bridgehead atoms. The number of hydrogen-bond donors (Lipinski definition) is 3. The van der Waals surface area contributed by atoms with Crippen LogP contribution in [0.5, 0.6) is 0 Å². The number of anilines is 2. The van der Waals surface area contributed by atoms with E-state index in [4.69, 9.17) is 5.11 Å². The first kappa shape index (κ1) is 18.5. The van der Waals surface area contributed by atoms with Gasteiger partial charge in [0.1, 0.15) is 5.70 Å². The Labute approximate surface area is 140 Å². The van der Waals surface area contributed by atoms with Gasteiger partial charge in [-0.15, -0.1) is 0 Å². The van der Waals surface area contributed by atoms with Crippen LogP contribution in [0.15, 0.2) is 30.0 Å². The van der Waals surface area contributed by atoms with E-state index in [2.05, 4.69) is 10.6 Å². The number of halogens is 3. The maximum absolute atomic E-state index is 12.9. The second-order valence-electron chi connectivity index (χ2n) is 5.14. The largest absolute Gasteiger partial charge is 0.416 e. The number of benzene rings is 1. The van der Waals surface area contributed by atoms with Crippen LogP contribution >= 0.6 is 0 Å². The van der Waals surface area contributed by atoms with Crippen molar-refractivity contribution >= 4 is 29.1 Å². The van der Waals surface area contributed by atoms with Gasteiger partial charge in [-0.05, 0) is 18.2 Å². The Bertz CT molecular complexity index is 759. The van der Waals surface area contributed by atoms with E-state index < -0.39 is 36.1 Å². The summed E-state index contributed by atoms with van der Waals surface area (Å²) >= 11 is 0. The van der Waals surface area contributed by atoms with Crippen LogP contribution in [-0.4, -0.2) is 40.9 Å². The lowest BCUT2D eigenvalue weighted by molar-refractivity contribution is -0.138. The molecule has 7 nitrogen and oxygen atoms in total. The van der Waals surface area contributed by atoms with E-state index in [1.54, 1.807) is 0 Å². The Morgan fingerprint density at radius 1 is 1.24 bits per heavy atom. The Kier molecular flexibility index (Phi) is 5.12. The average molecular weight is 357 g/mol. The molecule has 0 fully saturated rings. The SMILES string of the molecule is CC(=O)Nc1ccc(C(F)(F)F)cc1NC1=CC(=O)N(CCO)C1=O. The third kappa shape index (κ3) is 4.15. The number of imide groups is 1. The normalized spacial score (nSPS) is 14.6. The van der Waals surface area contributed by atoms with E-state index in [0.717, 1.165) is 29.2 Å². The van der Waals surface area contributed by atoms with E-state index in [9.17, 15) is 27.6 Å². The number of alkyl halides is 3. The van der Waals surface area contributed by atoms with E-state index in [1.807, 2.05) is 0 Å². The van der Waals surface area contributed by atoms with Crippen molar-refractivity contribution in [2.24, 2.45) is 0 Å². The van der Waals surface area contributed by atoms with Crippen molar-refractivity contribution in [3.63, 3.8) is 0 Å². The van der Waals surface area contributed by atoms with Crippen molar-refractivity contribution in [3.05, 3.63) is 35.5 Å². The minimum Gasteiger partial charge on any atom is -0.395 e. The maximum Gasteiger partial charge on any atom is 0.416 e. The summed E-state index contributed by atoms with van der Waals surface area (Å²) in [5.74, 6) is -2.01. The third-order valence-electron chi connectivity index (χ3n) is 3.26. The van der Waals surface area contributed by atoms with Gasteiger partial charge >= 0.3 is 6.18 Å². The molecule has 3 N–H and O–H groups in total. The fraction of sp³-hybridized carbons (Fsp3) is 0.267. The van der Waals surface area contributed by atoms with Crippen LogP contribution in [0.2, 0.25) is 0 Å². The molecule has 0 spiro atoms. The Morgan fingerprint density at radius 3 is 2.48 bits per heavy atom. The summed E-state index contributed by atoms with van der Waals surface area (Å²) in [6.07, 6.45) is -3.71. The lowest BCUT2D eigenvalue weighted by atomic mass is 10.1. The molecule has 1 aliphatic heterocycles. The highest BCUT2D eigenvalue weighted by Crippen LogP contribution is 2.35. The van der Waals surface area contributed by atoms with Crippen molar-refractivity contribution in [2.45, 2.75) is 13.1 Å². The first-order chi connectivity index (χ1) is 11.6. The number of rotatable bonds is 5. The molecule has 1 aliphatic rings. The molecule has 25 heavy (non-hydrogen) atoms. The van der Waals surface area contributed by atoms with Crippen molar-refractivity contribution in [3.8, 4) is 0 Å². The molecule has 0 atom stereocenters. The molecule has 0 unspecified atom stereocenters. The van der Waals surface area contributed by atoms with Gasteiger partial charge in [-0.1, -0.05) is 0 Å². The van der Waals surface area contributed by atoms with Crippen molar-refractivity contribution in [2.75, 3.05) is 23.8 Å².